The van der Waals surface area contributed by atoms with Crippen molar-refractivity contribution in [3.05, 3.63) is 125 Å². The van der Waals surface area contributed by atoms with E-state index in [4.69, 9.17) is 52.4 Å². The number of methoxy groups -OCH3 is 4. The Balaban J connectivity index is 1.38. The number of carbonyl (C=O) groups excluding carboxylic acids is 7. The second-order valence-electron chi connectivity index (χ2n) is 20.7. The van der Waals surface area contributed by atoms with Crippen molar-refractivity contribution >= 4 is 87.9 Å². The molecule has 93 heavy (non-hydrogen) atoms. The SMILES string of the molecule is COc1ccc(NC(=O)C(CCCNC(=N)N)NC(=O)c2cc(NC(=O)C(CCCNC(=N)N)NC(=O)c3cc(NC(=O)C(CCCNC(=N)N)NC(O)c4cc(NC(C)=O)ccc4OC)ccc3OC)ccc2OC)cc1C(=O)NC(Cc1ccc(O)cc1)C(=O)O. The maximum atomic E-state index is 14.4. The third-order valence-corrected chi connectivity index (χ3v) is 13.8. The zero-order chi connectivity index (χ0) is 68.3. The van der Waals surface area contributed by atoms with Crippen LogP contribution in [0.25, 0.3) is 0 Å². The summed E-state index contributed by atoms with van der Waals surface area (Å²) >= 11 is 0. The van der Waals surface area contributed by atoms with Gasteiger partial charge in [-0.2, -0.15) is 0 Å². The van der Waals surface area contributed by atoms with Crippen LogP contribution < -0.4 is 94.6 Å². The molecule has 0 saturated carbocycles. The standard InChI is InChI=1S/C61H79N17O15/c1-32(79)71-34-14-20-47(90-2)39(28-34)51(81)75-43(9-6-24-68-59(62)63)55(85)72-35-15-21-48(91-3)40(29-35)52(82)76-44(10-7-25-69-60(64)65)56(86)73-36-16-22-49(92-4)41(30-36)53(83)77-45(11-8-26-70-61(66)67)57(87)74-37-17-23-50(93-5)42(31-37)54(84)78-46(58(88)89)27-33-12-18-38(80)19-13-33/h12-23,28-31,43-46,51,75,80-81H,6-11,24-27H2,1-5H3,(H,71,79)(H,72,85)(H,73,86)(H,74,87)(H,76,82)(H,77,83)(H,78,84)(H,88,89)(H4,62,63,68)(H4,64,65,69)(H4,66,67,70). The highest BCUT2D eigenvalue weighted by Gasteiger charge is 2.30. The van der Waals surface area contributed by atoms with E-state index < -0.39 is 71.8 Å². The number of amides is 7. The Bertz CT molecular complexity index is 3520. The van der Waals surface area contributed by atoms with Crippen molar-refractivity contribution in [3.8, 4) is 28.7 Å². The third-order valence-electron chi connectivity index (χ3n) is 13.8. The molecule has 32 nitrogen and oxygen atoms in total. The Kier molecular flexibility index (Phi) is 27.8. The summed E-state index contributed by atoms with van der Waals surface area (Å²) in [7, 11) is 5.25. The number of hydrogen-bond donors (Lipinski definition) is 20. The summed E-state index contributed by atoms with van der Waals surface area (Å²) in [6.45, 7) is 1.73. The molecule has 5 aromatic rings. The number of aromatic hydroxyl groups is 1. The van der Waals surface area contributed by atoms with Crippen LogP contribution in [-0.4, -0.2) is 153 Å². The molecule has 23 N–H and O–H groups in total. The Morgan fingerprint density at radius 2 is 0.817 bits per heavy atom. The van der Waals surface area contributed by atoms with Gasteiger partial charge in [0.2, 0.25) is 23.6 Å². The number of carboxylic acids is 1. The van der Waals surface area contributed by atoms with Crippen molar-refractivity contribution in [2.75, 3.05) is 69.3 Å². The van der Waals surface area contributed by atoms with Crippen LogP contribution in [0.3, 0.4) is 0 Å². The minimum Gasteiger partial charge on any atom is -0.508 e. The number of carbonyl (C=O) groups is 8. The summed E-state index contributed by atoms with van der Waals surface area (Å²) in [5.41, 5.74) is 17.2. The average Bonchev–Trinajstić information content (AvgIpc) is 0.877. The van der Waals surface area contributed by atoms with E-state index in [0.717, 1.165) is 0 Å². The molecule has 7 amide bonds. The topological polar surface area (TPSA) is 516 Å². The monoisotopic (exact) mass is 1290 g/mol. The van der Waals surface area contributed by atoms with Gasteiger partial charge in [0.1, 0.15) is 53.1 Å². The number of rotatable bonds is 35. The maximum Gasteiger partial charge on any atom is 0.326 e. The first kappa shape index (κ1) is 72.3. The van der Waals surface area contributed by atoms with Crippen LogP contribution in [0, 0.1) is 16.2 Å². The lowest BCUT2D eigenvalue weighted by molar-refractivity contribution is -0.139. The van der Waals surface area contributed by atoms with E-state index in [-0.39, 0.29) is 156 Å². The van der Waals surface area contributed by atoms with E-state index in [9.17, 15) is 53.7 Å². The van der Waals surface area contributed by atoms with Gasteiger partial charge in [0.15, 0.2) is 17.9 Å². The maximum absolute atomic E-state index is 14.4. The molecule has 5 rings (SSSR count). The zero-order valence-electron chi connectivity index (χ0n) is 51.7. The van der Waals surface area contributed by atoms with Gasteiger partial charge >= 0.3 is 5.97 Å². The molecule has 0 aliphatic heterocycles. The number of aliphatic carboxylic acids is 1. The highest BCUT2D eigenvalue weighted by Crippen LogP contribution is 2.30. The van der Waals surface area contributed by atoms with E-state index in [1.807, 2.05) is 0 Å². The number of phenols is 1. The Morgan fingerprint density at radius 3 is 1.17 bits per heavy atom. The second-order valence-corrected chi connectivity index (χ2v) is 20.7. The predicted molar refractivity (Wildman–Crippen MR) is 345 cm³/mol. The van der Waals surface area contributed by atoms with Gasteiger partial charge < -0.3 is 105 Å². The number of phenolic OH excluding ortho intramolecular Hbond substituents is 1. The summed E-state index contributed by atoms with van der Waals surface area (Å²) in [5, 5.41) is 83.4. The molecule has 0 aliphatic carbocycles. The first-order chi connectivity index (χ1) is 44.3. The largest absolute Gasteiger partial charge is 0.508 e. The number of aliphatic hydroxyl groups is 1. The number of aliphatic hydroxyl groups excluding tert-OH is 1. The minimum absolute atomic E-state index is 0.00926. The first-order valence-electron chi connectivity index (χ1n) is 28.9. The van der Waals surface area contributed by atoms with Crippen molar-refractivity contribution in [2.45, 2.75) is 82.3 Å². The number of hydrogen-bond acceptors (Lipinski definition) is 18. The molecule has 498 valence electrons. The number of carboxylic acid groups (broad SMARTS) is 1. The molecule has 0 aromatic heterocycles. The Morgan fingerprint density at radius 1 is 0.473 bits per heavy atom. The van der Waals surface area contributed by atoms with Crippen LogP contribution >= 0.6 is 0 Å². The molecule has 0 radical (unpaired) electrons. The average molecular weight is 1290 g/mol. The fourth-order valence-corrected chi connectivity index (χ4v) is 9.28. The van der Waals surface area contributed by atoms with Gasteiger partial charge in [0, 0.05) is 61.3 Å². The first-order valence-corrected chi connectivity index (χ1v) is 28.9. The number of anilines is 4. The molecule has 0 heterocycles. The highest BCUT2D eigenvalue weighted by molar-refractivity contribution is 6.07. The van der Waals surface area contributed by atoms with Crippen LogP contribution in [0.5, 0.6) is 28.7 Å². The van der Waals surface area contributed by atoms with E-state index in [0.29, 0.717) is 11.3 Å². The molecule has 5 aromatic carbocycles. The lowest BCUT2D eigenvalue weighted by atomic mass is 10.0. The van der Waals surface area contributed by atoms with Gasteiger partial charge in [-0.3, -0.25) is 55.1 Å². The fourth-order valence-electron chi connectivity index (χ4n) is 9.28. The van der Waals surface area contributed by atoms with Gasteiger partial charge in [-0.1, -0.05) is 12.1 Å². The van der Waals surface area contributed by atoms with E-state index in [2.05, 4.69) is 58.5 Å². The molecular weight excluding hydrogens is 1210 g/mol. The number of nitrogens with one attached hydrogen (secondary N) is 14. The minimum atomic E-state index is -1.52. The van der Waals surface area contributed by atoms with Crippen LogP contribution in [-0.2, 0) is 30.4 Å². The van der Waals surface area contributed by atoms with Crippen molar-refractivity contribution in [1.29, 1.82) is 16.2 Å². The molecular formula is C61H79N17O15. The molecule has 5 unspecified atom stereocenters. The summed E-state index contributed by atoms with van der Waals surface area (Å²) in [6, 6.07) is 17.4. The normalized spacial score (nSPS) is 12.3. The molecule has 0 saturated heterocycles. The van der Waals surface area contributed by atoms with Crippen LogP contribution in [0.4, 0.5) is 22.7 Å². The summed E-state index contributed by atoms with van der Waals surface area (Å²) < 4.78 is 21.9. The van der Waals surface area contributed by atoms with Crippen LogP contribution in [0.15, 0.2) is 97.1 Å². The summed E-state index contributed by atoms with van der Waals surface area (Å²) in [6.07, 6.45) is -1.04. The van der Waals surface area contributed by atoms with Gasteiger partial charge in [-0.25, -0.2) is 4.79 Å². The quantitative estimate of drug-likeness (QED) is 0.0119. The second kappa shape index (κ2) is 35.7. The lowest BCUT2D eigenvalue weighted by Crippen LogP contribution is -2.45. The van der Waals surface area contributed by atoms with Gasteiger partial charge in [-0.15, -0.1) is 0 Å². The van der Waals surface area contributed by atoms with Crippen LogP contribution in [0.1, 0.15) is 93.9 Å². The molecule has 0 aliphatic rings. The van der Waals surface area contributed by atoms with Gasteiger partial charge in [0.05, 0.1) is 51.2 Å². The van der Waals surface area contributed by atoms with Crippen molar-refractivity contribution < 1.29 is 72.6 Å². The molecule has 0 spiro atoms. The zero-order valence-corrected chi connectivity index (χ0v) is 51.7. The predicted octanol–water partition coefficient (Wildman–Crippen LogP) is 1.66. The summed E-state index contributed by atoms with van der Waals surface area (Å²) in [5.74, 6) is -7.20. The third kappa shape index (κ3) is 22.9. The smallest absolute Gasteiger partial charge is 0.326 e. The highest BCUT2D eigenvalue weighted by atomic mass is 16.5. The number of guanidine groups is 3. The van der Waals surface area contributed by atoms with E-state index in [1.165, 1.54) is 126 Å². The van der Waals surface area contributed by atoms with Gasteiger partial charge in [-0.05, 0) is 129 Å². The molecule has 0 bridgehead atoms. The van der Waals surface area contributed by atoms with E-state index in [1.54, 1.807) is 6.07 Å². The van der Waals surface area contributed by atoms with Crippen molar-refractivity contribution in [3.63, 3.8) is 0 Å². The van der Waals surface area contributed by atoms with E-state index >= 15 is 0 Å². The number of nitrogens with two attached hydrogens (primary N) is 3. The lowest BCUT2D eigenvalue weighted by Gasteiger charge is -2.24. The Hall–Kier alpha value is -11.4. The fraction of sp³-hybridized carbons (Fsp3) is 0.328. The van der Waals surface area contributed by atoms with Crippen LogP contribution in [0.2, 0.25) is 0 Å². The summed E-state index contributed by atoms with van der Waals surface area (Å²) in [4.78, 5) is 109. The van der Waals surface area contributed by atoms with Gasteiger partial charge in [0.25, 0.3) is 17.7 Å². The molecule has 32 heteroatoms. The number of ether oxygens (including phenoxy) is 4. The molecule has 5 atom stereocenters. The Labute approximate surface area is 534 Å². The molecule has 0 fully saturated rings. The van der Waals surface area contributed by atoms with Crippen molar-refractivity contribution in [2.24, 2.45) is 17.2 Å². The number of benzene rings is 5. The van der Waals surface area contributed by atoms with Crippen molar-refractivity contribution in [1.82, 2.24) is 37.2 Å².